The molecule has 4 heteroatoms. The summed E-state index contributed by atoms with van der Waals surface area (Å²) in [5.41, 5.74) is 1.45. The smallest absolute Gasteiger partial charge is 0.320 e. The SMILES string of the molecule is O=C(OCc1ccccc1)[C@@]12CCCN=C1CC[C@H]1O[C@H]12. The molecule has 1 aromatic rings. The number of carbonyl (C=O) groups excluding carboxylic acids is 1. The zero-order chi connectivity index (χ0) is 14.3. The van der Waals surface area contributed by atoms with Crippen LogP contribution in [-0.4, -0.2) is 30.4 Å². The number of hydrogen-bond acceptors (Lipinski definition) is 4. The van der Waals surface area contributed by atoms with Crippen LogP contribution in [0.25, 0.3) is 0 Å². The van der Waals surface area contributed by atoms with Crippen molar-refractivity contribution in [3.63, 3.8) is 0 Å². The van der Waals surface area contributed by atoms with E-state index in [1.807, 2.05) is 30.3 Å². The molecule has 0 bridgehead atoms. The first-order valence-electron chi connectivity index (χ1n) is 7.71. The van der Waals surface area contributed by atoms with Crippen molar-refractivity contribution in [1.82, 2.24) is 0 Å². The summed E-state index contributed by atoms with van der Waals surface area (Å²) in [6.07, 6.45) is 3.88. The largest absolute Gasteiger partial charge is 0.460 e. The van der Waals surface area contributed by atoms with Crippen LogP contribution in [0.15, 0.2) is 35.3 Å². The summed E-state index contributed by atoms with van der Waals surface area (Å²) in [6.45, 7) is 1.16. The van der Waals surface area contributed by atoms with E-state index >= 15 is 0 Å². The van der Waals surface area contributed by atoms with Gasteiger partial charge in [0.25, 0.3) is 0 Å². The van der Waals surface area contributed by atoms with Crippen LogP contribution in [-0.2, 0) is 20.9 Å². The maximum absolute atomic E-state index is 12.8. The molecule has 2 aliphatic heterocycles. The standard InChI is InChI=1S/C17H19NO3/c19-16(20-11-12-5-2-1-3-6-12)17-9-4-10-18-14(17)8-7-13-15(17)21-13/h1-3,5-6,13,15H,4,7-11H2/t13-,15-,17+/m1/s1. The Bertz CT molecular complexity index is 583. The van der Waals surface area contributed by atoms with Gasteiger partial charge in [-0.05, 0) is 31.2 Å². The van der Waals surface area contributed by atoms with Crippen molar-refractivity contribution in [2.45, 2.75) is 44.5 Å². The summed E-state index contributed by atoms with van der Waals surface area (Å²) in [5.74, 6) is -0.142. The first-order chi connectivity index (χ1) is 10.3. The van der Waals surface area contributed by atoms with Crippen molar-refractivity contribution in [2.24, 2.45) is 10.4 Å². The van der Waals surface area contributed by atoms with Crippen LogP contribution < -0.4 is 0 Å². The summed E-state index contributed by atoms with van der Waals surface area (Å²) in [7, 11) is 0. The number of benzene rings is 1. The average Bonchev–Trinajstić information content (AvgIpc) is 3.34. The summed E-state index contributed by atoms with van der Waals surface area (Å²) in [5, 5.41) is 0. The van der Waals surface area contributed by atoms with E-state index in [-0.39, 0.29) is 18.2 Å². The van der Waals surface area contributed by atoms with E-state index < -0.39 is 5.41 Å². The number of ether oxygens (including phenoxy) is 2. The van der Waals surface area contributed by atoms with Crippen LogP contribution in [0.2, 0.25) is 0 Å². The molecule has 0 unspecified atom stereocenters. The van der Waals surface area contributed by atoms with Crippen molar-refractivity contribution in [3.05, 3.63) is 35.9 Å². The molecule has 2 fully saturated rings. The summed E-state index contributed by atoms with van der Waals surface area (Å²) in [4.78, 5) is 17.4. The third-order valence-corrected chi connectivity index (χ3v) is 4.86. The monoisotopic (exact) mass is 285 g/mol. The van der Waals surface area contributed by atoms with Crippen molar-refractivity contribution >= 4 is 11.7 Å². The van der Waals surface area contributed by atoms with Gasteiger partial charge < -0.3 is 9.47 Å². The Morgan fingerprint density at radius 2 is 2.24 bits per heavy atom. The zero-order valence-electron chi connectivity index (χ0n) is 12.0. The van der Waals surface area contributed by atoms with Gasteiger partial charge in [0.1, 0.15) is 18.1 Å². The molecule has 1 saturated carbocycles. The first kappa shape index (κ1) is 13.0. The van der Waals surface area contributed by atoms with Crippen LogP contribution in [0.1, 0.15) is 31.2 Å². The van der Waals surface area contributed by atoms with E-state index in [2.05, 4.69) is 4.99 Å². The van der Waals surface area contributed by atoms with Gasteiger partial charge in [-0.3, -0.25) is 9.79 Å². The molecular formula is C17H19NO3. The van der Waals surface area contributed by atoms with Gasteiger partial charge in [0.15, 0.2) is 0 Å². The molecule has 4 rings (SSSR count). The number of carbonyl (C=O) groups is 1. The Morgan fingerprint density at radius 3 is 3.10 bits per heavy atom. The molecule has 0 radical (unpaired) electrons. The molecule has 0 N–H and O–H groups in total. The number of fused-ring (bicyclic) bond motifs is 3. The number of esters is 1. The Hall–Kier alpha value is -1.68. The van der Waals surface area contributed by atoms with Crippen LogP contribution >= 0.6 is 0 Å². The van der Waals surface area contributed by atoms with E-state index in [1.165, 1.54) is 0 Å². The van der Waals surface area contributed by atoms with Crippen molar-refractivity contribution < 1.29 is 14.3 Å². The maximum atomic E-state index is 12.8. The van der Waals surface area contributed by atoms with Gasteiger partial charge in [0, 0.05) is 12.3 Å². The lowest BCUT2D eigenvalue weighted by molar-refractivity contribution is -0.155. The molecule has 4 nitrogen and oxygen atoms in total. The van der Waals surface area contributed by atoms with E-state index in [9.17, 15) is 4.79 Å². The van der Waals surface area contributed by atoms with Crippen molar-refractivity contribution in [3.8, 4) is 0 Å². The topological polar surface area (TPSA) is 51.2 Å². The Kier molecular flexibility index (Phi) is 3.07. The second kappa shape index (κ2) is 4.95. The fourth-order valence-electron chi connectivity index (χ4n) is 3.73. The highest BCUT2D eigenvalue weighted by atomic mass is 16.6. The lowest BCUT2D eigenvalue weighted by Gasteiger charge is -2.36. The lowest BCUT2D eigenvalue weighted by Crippen LogP contribution is -2.50. The van der Waals surface area contributed by atoms with Gasteiger partial charge in [-0.15, -0.1) is 0 Å². The molecule has 3 aliphatic rings. The first-order valence-corrected chi connectivity index (χ1v) is 7.71. The Balaban J connectivity index is 1.54. The predicted octanol–water partition coefficient (Wildman–Crippen LogP) is 2.51. The fourth-order valence-corrected chi connectivity index (χ4v) is 3.73. The zero-order valence-corrected chi connectivity index (χ0v) is 12.0. The van der Waals surface area contributed by atoms with Crippen LogP contribution in [0.3, 0.4) is 0 Å². The lowest BCUT2D eigenvalue weighted by atomic mass is 9.68. The van der Waals surface area contributed by atoms with E-state index in [0.29, 0.717) is 6.61 Å². The molecule has 0 spiro atoms. The summed E-state index contributed by atoms with van der Waals surface area (Å²) >= 11 is 0. The average molecular weight is 285 g/mol. The van der Waals surface area contributed by atoms with Crippen LogP contribution in [0.5, 0.6) is 0 Å². The summed E-state index contributed by atoms with van der Waals surface area (Å²) < 4.78 is 11.4. The highest BCUT2D eigenvalue weighted by Gasteiger charge is 2.65. The fraction of sp³-hybridized carbons (Fsp3) is 0.529. The molecule has 1 aromatic carbocycles. The number of rotatable bonds is 3. The van der Waals surface area contributed by atoms with Gasteiger partial charge >= 0.3 is 5.97 Å². The molecule has 0 aromatic heterocycles. The van der Waals surface area contributed by atoms with Gasteiger partial charge in [-0.1, -0.05) is 30.3 Å². The minimum atomic E-state index is -0.587. The number of hydrogen-bond donors (Lipinski definition) is 0. The van der Waals surface area contributed by atoms with Gasteiger partial charge in [0.2, 0.25) is 0 Å². The Labute approximate surface area is 124 Å². The third kappa shape index (κ3) is 2.09. The third-order valence-electron chi connectivity index (χ3n) is 4.86. The van der Waals surface area contributed by atoms with Crippen LogP contribution in [0.4, 0.5) is 0 Å². The summed E-state index contributed by atoms with van der Waals surface area (Å²) in [6, 6.07) is 9.81. The van der Waals surface area contributed by atoms with Crippen LogP contribution in [0, 0.1) is 5.41 Å². The van der Waals surface area contributed by atoms with E-state index in [4.69, 9.17) is 9.47 Å². The van der Waals surface area contributed by atoms with Gasteiger partial charge in [-0.25, -0.2) is 0 Å². The second-order valence-corrected chi connectivity index (χ2v) is 6.10. The van der Waals surface area contributed by atoms with Gasteiger partial charge in [-0.2, -0.15) is 0 Å². The predicted molar refractivity (Wildman–Crippen MR) is 78.1 cm³/mol. The highest BCUT2D eigenvalue weighted by Crippen LogP contribution is 2.52. The molecule has 1 aliphatic carbocycles. The number of nitrogens with zero attached hydrogens (tertiary/aromatic N) is 1. The second-order valence-electron chi connectivity index (χ2n) is 6.10. The van der Waals surface area contributed by atoms with E-state index in [1.54, 1.807) is 0 Å². The molecule has 3 atom stereocenters. The Morgan fingerprint density at radius 1 is 1.38 bits per heavy atom. The normalized spacial score (nSPS) is 33.4. The molecular weight excluding hydrogens is 266 g/mol. The quantitative estimate of drug-likeness (QED) is 0.633. The minimum Gasteiger partial charge on any atom is -0.460 e. The number of aliphatic imine (C=N–C) groups is 1. The molecule has 0 amide bonds. The molecule has 2 heterocycles. The van der Waals surface area contributed by atoms with Crippen molar-refractivity contribution in [1.29, 1.82) is 0 Å². The van der Waals surface area contributed by atoms with Crippen molar-refractivity contribution in [2.75, 3.05) is 6.54 Å². The molecule has 110 valence electrons. The maximum Gasteiger partial charge on any atom is 0.320 e. The molecule has 21 heavy (non-hydrogen) atoms. The van der Waals surface area contributed by atoms with E-state index in [0.717, 1.165) is 43.5 Å². The molecule has 1 saturated heterocycles. The number of epoxide rings is 1. The van der Waals surface area contributed by atoms with Gasteiger partial charge in [0.05, 0.1) is 6.10 Å². The highest BCUT2D eigenvalue weighted by molar-refractivity contribution is 6.09. The minimum absolute atomic E-state index is 0.00794.